The number of para-hydroxylation sites is 4. The van der Waals surface area contributed by atoms with Gasteiger partial charge in [0.15, 0.2) is 11.2 Å². The number of nitrogens with zero attached hydrogens (tertiary/aromatic N) is 4. The van der Waals surface area contributed by atoms with Gasteiger partial charge in [-0.15, -0.1) is 0 Å². The molecule has 9 rings (SSSR count). The molecular weight excluding hydrogens is 528 g/mol. The number of nitriles is 2. The fraction of sp³-hybridized carbons (Fsp3) is 0. The summed E-state index contributed by atoms with van der Waals surface area (Å²) in [4.78, 5) is 0. The zero-order valence-corrected chi connectivity index (χ0v) is 22.7. The van der Waals surface area contributed by atoms with Crippen LogP contribution < -0.4 is 0 Å². The van der Waals surface area contributed by atoms with E-state index in [0.29, 0.717) is 22.3 Å². The summed E-state index contributed by atoms with van der Waals surface area (Å²) in [6, 6.07) is 45.9. The number of furan rings is 1. The Bertz CT molecular complexity index is 2410. The fourth-order valence-electron chi connectivity index (χ4n) is 6.78. The highest BCUT2D eigenvalue weighted by Crippen LogP contribution is 2.40. The molecule has 0 radical (unpaired) electrons. The molecule has 0 aliphatic heterocycles. The Balaban J connectivity index is 1.40. The molecule has 5 nitrogen and oxygen atoms in total. The van der Waals surface area contributed by atoms with Crippen LogP contribution in [0.1, 0.15) is 11.1 Å². The van der Waals surface area contributed by atoms with Crippen LogP contribution in [-0.2, 0) is 0 Å². The predicted molar refractivity (Wildman–Crippen MR) is 172 cm³/mol. The smallest absolute Gasteiger partial charge is 0.153 e. The van der Waals surface area contributed by atoms with Crippen molar-refractivity contribution in [3.05, 3.63) is 132 Å². The molecule has 0 aliphatic rings. The number of rotatable bonds is 2. The van der Waals surface area contributed by atoms with E-state index >= 15 is 0 Å². The highest BCUT2D eigenvalue weighted by atomic mass is 16.3. The summed E-state index contributed by atoms with van der Waals surface area (Å²) in [6.07, 6.45) is 0. The molecule has 0 N–H and O–H groups in total. The van der Waals surface area contributed by atoms with Crippen LogP contribution in [0, 0.1) is 22.7 Å². The summed E-state index contributed by atoms with van der Waals surface area (Å²) in [6.45, 7) is 0. The van der Waals surface area contributed by atoms with Crippen LogP contribution in [0.4, 0.5) is 0 Å². The zero-order valence-electron chi connectivity index (χ0n) is 22.7. The molecule has 6 aromatic carbocycles. The van der Waals surface area contributed by atoms with E-state index < -0.39 is 0 Å². The summed E-state index contributed by atoms with van der Waals surface area (Å²) >= 11 is 0. The third-order valence-corrected chi connectivity index (χ3v) is 8.56. The summed E-state index contributed by atoms with van der Waals surface area (Å²) in [5, 5.41) is 26.8. The van der Waals surface area contributed by atoms with Crippen LogP contribution >= 0.6 is 0 Å². The zero-order chi connectivity index (χ0) is 28.7. The largest absolute Gasteiger partial charge is 0.453 e. The molecule has 0 atom stereocenters. The Kier molecular flexibility index (Phi) is 4.68. The first kappa shape index (κ1) is 23.4. The lowest BCUT2D eigenvalue weighted by Gasteiger charge is -2.10. The van der Waals surface area contributed by atoms with Gasteiger partial charge < -0.3 is 13.6 Å². The molecule has 0 amide bonds. The van der Waals surface area contributed by atoms with Gasteiger partial charge in [-0.2, -0.15) is 10.5 Å². The van der Waals surface area contributed by atoms with Crippen LogP contribution in [0.15, 0.2) is 126 Å². The van der Waals surface area contributed by atoms with Gasteiger partial charge in [-0.25, -0.2) is 0 Å². The molecule has 43 heavy (non-hydrogen) atoms. The average molecular weight is 549 g/mol. The molecule has 198 valence electrons. The summed E-state index contributed by atoms with van der Waals surface area (Å²) in [5.74, 6) is 0. The fourth-order valence-corrected chi connectivity index (χ4v) is 6.78. The highest BCUT2D eigenvalue weighted by Gasteiger charge is 2.21. The van der Waals surface area contributed by atoms with E-state index in [1.807, 2.05) is 60.7 Å². The number of hydrogen-bond donors (Lipinski definition) is 0. The average Bonchev–Trinajstić information content (AvgIpc) is 3.72. The minimum atomic E-state index is 0.424. The molecule has 9 aromatic rings. The van der Waals surface area contributed by atoms with Gasteiger partial charge in [-0.1, -0.05) is 72.8 Å². The van der Waals surface area contributed by atoms with Crippen molar-refractivity contribution in [2.24, 2.45) is 0 Å². The molecule has 3 heterocycles. The lowest BCUT2D eigenvalue weighted by molar-refractivity contribution is 0.666. The number of hydrogen-bond acceptors (Lipinski definition) is 3. The second kappa shape index (κ2) is 8.60. The van der Waals surface area contributed by atoms with E-state index in [4.69, 9.17) is 4.42 Å². The van der Waals surface area contributed by atoms with E-state index in [9.17, 15) is 10.5 Å². The highest BCUT2D eigenvalue weighted by molar-refractivity contribution is 6.13. The molecule has 0 bridgehead atoms. The maximum Gasteiger partial charge on any atom is 0.153 e. The van der Waals surface area contributed by atoms with Crippen LogP contribution in [0.3, 0.4) is 0 Å². The second-order valence-corrected chi connectivity index (χ2v) is 10.8. The van der Waals surface area contributed by atoms with Crippen molar-refractivity contribution in [1.82, 2.24) is 9.13 Å². The van der Waals surface area contributed by atoms with Crippen molar-refractivity contribution in [3.8, 4) is 23.5 Å². The predicted octanol–water partition coefficient (Wildman–Crippen LogP) is 9.52. The van der Waals surface area contributed by atoms with Gasteiger partial charge in [0, 0.05) is 43.7 Å². The number of aromatic nitrogens is 2. The maximum absolute atomic E-state index is 10.3. The Hall–Kier alpha value is -6.30. The van der Waals surface area contributed by atoms with Crippen molar-refractivity contribution < 1.29 is 4.42 Å². The van der Waals surface area contributed by atoms with Gasteiger partial charge >= 0.3 is 0 Å². The van der Waals surface area contributed by atoms with E-state index in [2.05, 4.69) is 81.9 Å². The van der Waals surface area contributed by atoms with Gasteiger partial charge in [0.1, 0.15) is 12.1 Å². The number of fused-ring (bicyclic) bond motifs is 9. The van der Waals surface area contributed by atoms with E-state index in [1.165, 1.54) is 0 Å². The van der Waals surface area contributed by atoms with Crippen molar-refractivity contribution in [2.75, 3.05) is 0 Å². The first-order valence-corrected chi connectivity index (χ1v) is 14.1. The monoisotopic (exact) mass is 548 g/mol. The van der Waals surface area contributed by atoms with Crippen molar-refractivity contribution in [2.45, 2.75) is 0 Å². The van der Waals surface area contributed by atoms with Crippen molar-refractivity contribution >= 4 is 65.6 Å². The van der Waals surface area contributed by atoms with E-state index in [0.717, 1.165) is 65.8 Å². The molecule has 0 unspecified atom stereocenters. The maximum atomic E-state index is 10.3. The van der Waals surface area contributed by atoms with Crippen molar-refractivity contribution in [1.29, 1.82) is 10.5 Å². The molecule has 0 aliphatic carbocycles. The van der Waals surface area contributed by atoms with Gasteiger partial charge in [0.2, 0.25) is 0 Å². The van der Waals surface area contributed by atoms with Gasteiger partial charge in [-0.05, 0) is 48.5 Å². The quantitative estimate of drug-likeness (QED) is 0.216. The van der Waals surface area contributed by atoms with Crippen LogP contribution in [0.5, 0.6) is 0 Å². The van der Waals surface area contributed by atoms with E-state index in [1.54, 1.807) is 0 Å². The molecule has 0 saturated heterocycles. The molecule has 0 spiro atoms. The second-order valence-electron chi connectivity index (χ2n) is 10.8. The first-order valence-electron chi connectivity index (χ1n) is 14.1. The Morgan fingerprint density at radius 3 is 1.07 bits per heavy atom. The minimum Gasteiger partial charge on any atom is -0.453 e. The third-order valence-electron chi connectivity index (χ3n) is 8.56. The van der Waals surface area contributed by atoms with Crippen LogP contribution in [0.2, 0.25) is 0 Å². The van der Waals surface area contributed by atoms with Crippen molar-refractivity contribution in [3.63, 3.8) is 0 Å². The molecule has 0 fully saturated rings. The molecule has 5 heteroatoms. The van der Waals surface area contributed by atoms with E-state index in [-0.39, 0.29) is 0 Å². The Labute approximate surface area is 245 Å². The SMILES string of the molecule is N#Cc1cc(-n2c3ccccc3c3ccccc32)cc2c1oc1c(C#N)cc(-n3c4ccccc4c4ccccc43)cc12. The molecule has 0 saturated carbocycles. The lowest BCUT2D eigenvalue weighted by atomic mass is 10.1. The third kappa shape index (κ3) is 3.14. The summed E-state index contributed by atoms with van der Waals surface area (Å²) in [7, 11) is 0. The van der Waals surface area contributed by atoms with Crippen LogP contribution in [0.25, 0.3) is 76.9 Å². The van der Waals surface area contributed by atoms with Gasteiger partial charge in [0.25, 0.3) is 0 Å². The first-order chi connectivity index (χ1) is 21.2. The number of benzene rings is 6. The normalized spacial score (nSPS) is 11.7. The van der Waals surface area contributed by atoms with Crippen LogP contribution in [-0.4, -0.2) is 9.13 Å². The standard InChI is InChI=1S/C38H20N4O/c39-21-23-17-25(41-33-13-5-1-9-27(33)28-10-2-6-14-34(28)41)19-31-32-20-26(18-24(22-40)38(32)43-37(23)31)42-35-15-7-3-11-29(35)30-12-4-8-16-36(30)42/h1-20H. The lowest BCUT2D eigenvalue weighted by Crippen LogP contribution is -1.96. The molecular formula is C38H20N4O. The minimum absolute atomic E-state index is 0.424. The summed E-state index contributed by atoms with van der Waals surface area (Å²) < 4.78 is 10.7. The Morgan fingerprint density at radius 1 is 0.419 bits per heavy atom. The topological polar surface area (TPSA) is 70.6 Å². The van der Waals surface area contributed by atoms with Gasteiger partial charge in [0.05, 0.1) is 33.2 Å². The molecule has 3 aromatic heterocycles. The summed E-state index contributed by atoms with van der Waals surface area (Å²) in [5.41, 5.74) is 7.78. The van der Waals surface area contributed by atoms with Gasteiger partial charge in [-0.3, -0.25) is 0 Å². The Morgan fingerprint density at radius 2 is 0.744 bits per heavy atom.